The highest BCUT2D eigenvalue weighted by molar-refractivity contribution is 7.51. The van der Waals surface area contributed by atoms with Crippen molar-refractivity contribution in [3.05, 3.63) is 23.8 Å². The van der Waals surface area contributed by atoms with Crippen molar-refractivity contribution in [1.82, 2.24) is 9.99 Å². The smallest absolute Gasteiger partial charge is 0.435 e. The number of Topliss-reactive ketones (excluding diaryl/α,β-unsaturated/α-hetero) is 1. The molecule has 31 heavy (non-hydrogen) atoms. The molecule has 0 aliphatic carbocycles. The minimum absolute atomic E-state index is 0.0967. The Labute approximate surface area is 175 Å². The van der Waals surface area contributed by atoms with Gasteiger partial charge in [0.05, 0.1) is 6.04 Å². The van der Waals surface area contributed by atoms with Crippen molar-refractivity contribution in [3.8, 4) is 11.5 Å². The molecule has 1 saturated heterocycles. The number of carboxylic acid groups (broad SMARTS) is 1. The first-order valence-electron chi connectivity index (χ1n) is 8.68. The van der Waals surface area contributed by atoms with Gasteiger partial charge in [-0.3, -0.25) is 23.7 Å². The number of benzene rings is 1. The van der Waals surface area contributed by atoms with E-state index in [0.29, 0.717) is 4.67 Å². The third-order valence-corrected chi connectivity index (χ3v) is 5.62. The molecule has 1 aliphatic rings. The van der Waals surface area contributed by atoms with Crippen molar-refractivity contribution in [3.63, 3.8) is 0 Å². The molecule has 2 amide bonds. The van der Waals surface area contributed by atoms with Gasteiger partial charge in [-0.15, -0.1) is 0 Å². The average Bonchev–Trinajstić information content (AvgIpc) is 2.64. The van der Waals surface area contributed by atoms with E-state index in [2.05, 4.69) is 0 Å². The minimum Gasteiger partial charge on any atom is -0.465 e. The van der Waals surface area contributed by atoms with Crippen LogP contribution in [0.5, 0.6) is 11.5 Å². The van der Waals surface area contributed by atoms with Crippen LogP contribution in [0.4, 0.5) is 4.79 Å². The summed E-state index contributed by atoms with van der Waals surface area (Å²) in [5, 5.41) is 10.6. The summed E-state index contributed by atoms with van der Waals surface area (Å²) in [7, 11) is -4.75. The molecule has 1 heterocycles. The quantitative estimate of drug-likeness (QED) is 0.164. The first-order chi connectivity index (χ1) is 14.3. The number of esters is 2. The van der Waals surface area contributed by atoms with Crippen LogP contribution in [0.3, 0.4) is 0 Å². The summed E-state index contributed by atoms with van der Waals surface area (Å²) in [6.07, 6.45) is -1.48. The molecule has 0 spiro atoms. The molecule has 168 valence electrons. The molecule has 3 N–H and O–H groups in total. The van der Waals surface area contributed by atoms with Gasteiger partial charge in [0.2, 0.25) is 0 Å². The predicted octanol–water partition coefficient (Wildman–Crippen LogP) is 0.704. The molecule has 1 aromatic rings. The summed E-state index contributed by atoms with van der Waals surface area (Å²) in [6.45, 7) is 2.62. The largest absolute Gasteiger partial charge is 0.465 e. The number of ketones is 1. The maximum Gasteiger partial charge on any atom is 0.435 e. The Balaban J connectivity index is 2.10. The van der Waals surface area contributed by atoms with Crippen LogP contribution in [-0.2, 0) is 23.5 Å². The van der Waals surface area contributed by atoms with Crippen LogP contribution < -0.4 is 14.8 Å². The summed E-state index contributed by atoms with van der Waals surface area (Å²) in [5.74, 6) is -3.57. The average molecular weight is 458 g/mol. The monoisotopic (exact) mass is 458 g/mol. The van der Waals surface area contributed by atoms with Crippen LogP contribution in [-0.4, -0.2) is 63.1 Å². The van der Waals surface area contributed by atoms with Crippen molar-refractivity contribution >= 4 is 37.5 Å². The maximum absolute atomic E-state index is 12.4. The number of rotatable bonds is 8. The van der Waals surface area contributed by atoms with Gasteiger partial charge in [-0.25, -0.2) is 14.0 Å². The number of carbonyl (C=O) groups is 5. The molecule has 13 nitrogen and oxygen atoms in total. The Hall–Kier alpha value is -3.28. The van der Waals surface area contributed by atoms with E-state index < -0.39 is 56.2 Å². The highest BCUT2D eigenvalue weighted by Crippen LogP contribution is 2.52. The molecule has 0 radical (unpaired) electrons. The van der Waals surface area contributed by atoms with Crippen molar-refractivity contribution in [2.45, 2.75) is 32.9 Å². The zero-order valence-electron chi connectivity index (χ0n) is 16.6. The maximum atomic E-state index is 12.4. The topological polar surface area (TPSA) is 186 Å². The Morgan fingerprint density at radius 3 is 2.23 bits per heavy atom. The molecule has 0 aromatic heterocycles. The van der Waals surface area contributed by atoms with Gasteiger partial charge < -0.3 is 24.8 Å². The first kappa shape index (κ1) is 24.0. The number of carbonyl (C=O) groups excluding carboxylic acids is 4. The Morgan fingerprint density at radius 2 is 1.71 bits per heavy atom. The van der Waals surface area contributed by atoms with Crippen molar-refractivity contribution < 1.29 is 52.5 Å². The number of β-lactam (4-membered cyclic amide) rings is 1. The van der Waals surface area contributed by atoms with E-state index in [1.807, 2.05) is 5.32 Å². The summed E-state index contributed by atoms with van der Waals surface area (Å²) < 4.78 is 27.3. The third-order valence-electron chi connectivity index (χ3n) is 4.05. The standard InChI is InChI=1S/C17H19N2O11P/c1-8-15(18-17(24)25)16(23)19(8)31(26,27)28-7-12(22)11-4-5-13(29-9(2)20)14(6-11)30-10(3)21/h4-6,8,15,18H,7H2,1-3H3,(H,24,25)(H,26,27)/t8-,15?/m0/s1. The van der Waals surface area contributed by atoms with Crippen molar-refractivity contribution in [1.29, 1.82) is 0 Å². The van der Waals surface area contributed by atoms with Gasteiger partial charge in [-0.05, 0) is 25.1 Å². The molecule has 2 rings (SSSR count). The SMILES string of the molecule is CC(=O)Oc1ccc(C(=O)COP(=O)(O)N2C(=O)C(NC(=O)O)[C@@H]2C)cc1OC(C)=O. The second-order valence-corrected chi connectivity index (χ2v) is 8.06. The van der Waals surface area contributed by atoms with Gasteiger partial charge >= 0.3 is 25.8 Å². The number of hydrogen-bond donors (Lipinski definition) is 3. The molecular formula is C17H19N2O11P. The van der Waals surface area contributed by atoms with Gasteiger partial charge in [-0.2, -0.15) is 0 Å². The summed E-state index contributed by atoms with van der Waals surface area (Å²) in [6, 6.07) is 1.29. The molecule has 1 aromatic carbocycles. The van der Waals surface area contributed by atoms with Crippen molar-refractivity contribution in [2.24, 2.45) is 0 Å². The van der Waals surface area contributed by atoms with Crippen molar-refractivity contribution in [2.75, 3.05) is 6.61 Å². The first-order valence-corrected chi connectivity index (χ1v) is 10.2. The van der Waals surface area contributed by atoms with Crippen LogP contribution in [0.15, 0.2) is 18.2 Å². The van der Waals surface area contributed by atoms with Crippen LogP contribution in [0.25, 0.3) is 0 Å². The summed E-state index contributed by atoms with van der Waals surface area (Å²) in [4.78, 5) is 67.4. The lowest BCUT2D eigenvalue weighted by Gasteiger charge is -2.45. The number of ether oxygens (including phenoxy) is 2. The predicted molar refractivity (Wildman–Crippen MR) is 100 cm³/mol. The summed E-state index contributed by atoms with van der Waals surface area (Å²) >= 11 is 0. The van der Waals surface area contributed by atoms with E-state index in [1.54, 1.807) is 0 Å². The molecule has 0 saturated carbocycles. The number of amides is 2. The molecule has 0 bridgehead atoms. The highest BCUT2D eigenvalue weighted by Gasteiger charge is 2.54. The normalized spacial score (nSPS) is 19.6. The number of hydrogen-bond acceptors (Lipinski definition) is 9. The third kappa shape index (κ3) is 5.66. The van der Waals surface area contributed by atoms with Gasteiger partial charge in [0.15, 0.2) is 17.3 Å². The van der Waals surface area contributed by atoms with E-state index in [-0.39, 0.29) is 17.1 Å². The Bertz CT molecular complexity index is 992. The molecule has 1 fully saturated rings. The van der Waals surface area contributed by atoms with Gasteiger partial charge in [0.1, 0.15) is 12.6 Å². The lowest BCUT2D eigenvalue weighted by atomic mass is 10.0. The summed E-state index contributed by atoms with van der Waals surface area (Å²) in [5.41, 5.74) is -0.0967. The fourth-order valence-electron chi connectivity index (χ4n) is 2.72. The lowest BCUT2D eigenvalue weighted by molar-refractivity contribution is -0.143. The van der Waals surface area contributed by atoms with Crippen LogP contribution in [0.2, 0.25) is 0 Å². The van der Waals surface area contributed by atoms with Crippen LogP contribution in [0.1, 0.15) is 31.1 Å². The second-order valence-electron chi connectivity index (χ2n) is 6.39. The van der Waals surface area contributed by atoms with Gasteiger partial charge in [-0.1, -0.05) is 0 Å². The second kappa shape index (κ2) is 9.25. The molecule has 3 atom stereocenters. The van der Waals surface area contributed by atoms with E-state index >= 15 is 0 Å². The lowest BCUT2D eigenvalue weighted by Crippen LogP contribution is -2.68. The van der Waals surface area contributed by atoms with E-state index in [1.165, 1.54) is 19.1 Å². The Kier molecular flexibility index (Phi) is 7.16. The zero-order chi connectivity index (χ0) is 23.5. The fraction of sp³-hybridized carbons (Fsp3) is 0.353. The van der Waals surface area contributed by atoms with Gasteiger partial charge in [0.25, 0.3) is 5.91 Å². The highest BCUT2D eigenvalue weighted by atomic mass is 31.2. The van der Waals surface area contributed by atoms with Crippen LogP contribution in [0, 0.1) is 0 Å². The number of nitrogens with zero attached hydrogens (tertiary/aromatic N) is 1. The Morgan fingerprint density at radius 1 is 1.13 bits per heavy atom. The number of nitrogens with one attached hydrogen (secondary N) is 1. The van der Waals surface area contributed by atoms with E-state index in [9.17, 15) is 33.4 Å². The minimum atomic E-state index is -4.75. The molecule has 14 heteroatoms. The van der Waals surface area contributed by atoms with E-state index in [4.69, 9.17) is 19.1 Å². The van der Waals surface area contributed by atoms with Crippen LogP contribution >= 0.6 is 7.75 Å². The molecular weight excluding hydrogens is 439 g/mol. The zero-order valence-corrected chi connectivity index (χ0v) is 17.5. The van der Waals surface area contributed by atoms with Gasteiger partial charge in [0, 0.05) is 19.4 Å². The fourth-order valence-corrected chi connectivity index (χ4v) is 4.10. The molecule has 2 unspecified atom stereocenters. The molecule has 1 aliphatic heterocycles. The van der Waals surface area contributed by atoms with E-state index in [0.717, 1.165) is 19.9 Å².